The largest absolute Gasteiger partial charge is 0.0687 e. The van der Waals surface area contributed by atoms with Gasteiger partial charge in [0.25, 0.3) is 0 Å². The average Bonchev–Trinajstić information content (AvgIpc) is 3.27. The molecule has 0 aromatic carbocycles. The maximum atomic E-state index is 3.31. The van der Waals surface area contributed by atoms with E-state index in [1.165, 1.54) is 0 Å². The smallest absolute Gasteiger partial charge is 0 e. The summed E-state index contributed by atoms with van der Waals surface area (Å²) in [5, 5.41) is 0. The quantitative estimate of drug-likeness (QED) is 0.217. The molecule has 0 fully saturated rings. The molecule has 0 heteroatoms. The summed E-state index contributed by atoms with van der Waals surface area (Å²) in [6.45, 7) is 6.63. The summed E-state index contributed by atoms with van der Waals surface area (Å²) < 4.78 is 0. The van der Waals surface area contributed by atoms with E-state index in [2.05, 4.69) is 351 Å². The Labute approximate surface area is 349 Å². The Bertz CT molecular complexity index is 4100. The molecule has 0 nitrogen and oxygen atoms in total. The van der Waals surface area contributed by atoms with Gasteiger partial charge in [0.1, 0.15) is 0 Å². The van der Waals surface area contributed by atoms with Crippen LogP contribution in [0.15, 0.2) is 351 Å². The molecule has 0 saturated carbocycles. The van der Waals surface area contributed by atoms with E-state index >= 15 is 0 Å². The fraction of sp³-hybridized carbons (Fsp3) is 0. The summed E-state index contributed by atoms with van der Waals surface area (Å²) in [4.78, 5) is 0. The Morgan fingerprint density at radius 1 is 0.0820 bits per heavy atom. The molecule has 0 spiro atoms. The molecule has 0 N–H and O–H groups in total. The van der Waals surface area contributed by atoms with E-state index in [-0.39, 0.29) is 0 Å². The molecule has 0 saturated heterocycles. The highest BCUT2D eigenvalue weighted by Crippen LogP contribution is 1.62. The normalized spacial score (nSPS) is 3.93. The van der Waals surface area contributed by atoms with E-state index in [4.69, 9.17) is 0 Å². The highest BCUT2D eigenvalue weighted by molar-refractivity contribution is 4.98. The lowest BCUT2D eigenvalue weighted by Crippen LogP contribution is -1.26. The minimum absolute atomic E-state index is 2.37. The topological polar surface area (TPSA) is 0 Å². The van der Waals surface area contributed by atoms with Crippen LogP contribution in [0.5, 0.6) is 0 Å². The van der Waals surface area contributed by atoms with Gasteiger partial charge in [-0.2, -0.15) is 0 Å². The van der Waals surface area contributed by atoms with Gasteiger partial charge < -0.3 is 0 Å². The van der Waals surface area contributed by atoms with Gasteiger partial charge in [-0.3, -0.25) is 0 Å². The molecular weight excluding hydrogens is 733 g/mol. The number of hydrogen-bond acceptors (Lipinski definition) is 0. The van der Waals surface area contributed by atoms with Crippen LogP contribution in [0, 0.1) is 0 Å². The first-order valence-electron chi connectivity index (χ1n) is 15.2. The van der Waals surface area contributed by atoms with Crippen molar-refractivity contribution in [1.82, 2.24) is 0 Å². The molecule has 0 aromatic heterocycles. The highest BCUT2D eigenvalue weighted by atomic mass is 13.5. The van der Waals surface area contributed by atoms with Crippen molar-refractivity contribution in [2.75, 3.05) is 0 Å². The SMILES string of the molecule is C=C=C=C=C=C=C=C=C=C=C=C=C=C=C=C=C=C=C=C=C=C=C=C=C=C=C=C=C=C=C=C=C=C=C=C=C=C=C=C=C=C=C=C=C=C=C=C=C=C=C=C=C=C=C=C=C=C=C=C=C. The Kier molecular flexibility index (Phi) is 36.6. The lowest BCUT2D eigenvalue weighted by molar-refractivity contribution is 2.10. The Hall–Kier alpha value is -13.2. The summed E-state index contributed by atoms with van der Waals surface area (Å²) in [5.74, 6) is 0. The van der Waals surface area contributed by atoms with Crippen LogP contribution in [0.2, 0.25) is 0 Å². The monoisotopic (exact) mass is 736 g/mol. The second-order valence-corrected chi connectivity index (χ2v) is 7.48. The molecule has 0 atom stereocenters. The third-order valence-corrected chi connectivity index (χ3v) is 3.68. The van der Waals surface area contributed by atoms with Crippen molar-refractivity contribution >= 4 is 0 Å². The van der Waals surface area contributed by atoms with Crippen LogP contribution >= 0.6 is 0 Å². The van der Waals surface area contributed by atoms with Gasteiger partial charge in [0.15, 0.2) is 0 Å². The van der Waals surface area contributed by atoms with Crippen molar-refractivity contribution in [3.63, 3.8) is 0 Å². The van der Waals surface area contributed by atoms with Crippen molar-refractivity contribution < 1.29 is 0 Å². The van der Waals surface area contributed by atoms with Crippen LogP contribution in [-0.4, -0.2) is 0 Å². The fourth-order valence-corrected chi connectivity index (χ4v) is 1.81. The lowest BCUT2D eigenvalue weighted by atomic mass is 10.6. The van der Waals surface area contributed by atoms with Crippen molar-refractivity contribution in [2.24, 2.45) is 0 Å². The van der Waals surface area contributed by atoms with Crippen LogP contribution in [0.1, 0.15) is 0 Å². The molecule has 0 rings (SSSR count). The molecule has 0 aliphatic heterocycles. The molecule has 0 bridgehead atoms. The maximum Gasteiger partial charge on any atom is 0 e. The molecule has 0 radical (unpaired) electrons. The molecule has 0 amide bonds. The third kappa shape index (κ3) is 46.8. The summed E-state index contributed by atoms with van der Waals surface area (Å²) in [6.07, 6.45) is 0. The van der Waals surface area contributed by atoms with Gasteiger partial charge in [-0.15, -0.1) is 0 Å². The number of hydrogen-bond donors (Lipinski definition) is 0. The standard InChI is InChI=1S/C61H4/c1-3-5-7-9-11-13-15-17-19-21-23-25-27-29-31-33-35-37-39-41-43-45-47-49-51-53-55-57-59-61-60-58-56-54-52-50-48-46-44-42-40-38-36-34-32-30-28-26-24-22-20-18-16-14-12-10-8-6-4-2/h1-2H2. The Balaban J connectivity index is 6.12. The van der Waals surface area contributed by atoms with Gasteiger partial charge in [0, 0.05) is 235 Å². The van der Waals surface area contributed by atoms with Crippen LogP contribution < -0.4 is 0 Å². The summed E-state index contributed by atoms with van der Waals surface area (Å²) in [5.41, 5.74) is 147. The molecule has 0 aromatic rings. The third-order valence-electron chi connectivity index (χ3n) is 3.68. The van der Waals surface area contributed by atoms with E-state index in [1.807, 2.05) is 0 Å². The van der Waals surface area contributed by atoms with Gasteiger partial charge in [-0.1, -0.05) is 11.5 Å². The van der Waals surface area contributed by atoms with Crippen LogP contribution in [0.3, 0.4) is 0 Å². The maximum absolute atomic E-state index is 3.31. The molecule has 0 aliphatic carbocycles. The van der Waals surface area contributed by atoms with Crippen molar-refractivity contribution in [3.05, 3.63) is 351 Å². The minimum atomic E-state index is 2.37. The van der Waals surface area contributed by atoms with Gasteiger partial charge in [-0.25, -0.2) is 0 Å². The van der Waals surface area contributed by atoms with Crippen molar-refractivity contribution in [1.29, 1.82) is 0 Å². The summed E-state index contributed by atoms with van der Waals surface area (Å²) in [6, 6.07) is 0. The Morgan fingerprint density at radius 3 is 0.180 bits per heavy atom. The molecule has 0 aliphatic rings. The van der Waals surface area contributed by atoms with E-state index in [9.17, 15) is 0 Å². The van der Waals surface area contributed by atoms with Gasteiger partial charge >= 0.3 is 0 Å². The van der Waals surface area contributed by atoms with Crippen LogP contribution in [0.4, 0.5) is 0 Å². The first-order chi connectivity index (χ1) is 30.4. The van der Waals surface area contributed by atoms with E-state index in [0.717, 1.165) is 0 Å². The van der Waals surface area contributed by atoms with Crippen LogP contribution in [0.25, 0.3) is 0 Å². The zero-order chi connectivity index (χ0) is 43.7. The van der Waals surface area contributed by atoms with Gasteiger partial charge in [-0.05, 0) is 105 Å². The Morgan fingerprint density at radius 2 is 0.131 bits per heavy atom. The van der Waals surface area contributed by atoms with Crippen molar-refractivity contribution in [2.45, 2.75) is 0 Å². The second kappa shape index (κ2) is 46.8. The lowest BCUT2D eigenvalue weighted by Gasteiger charge is -1.41. The molecule has 0 unspecified atom stereocenters. The summed E-state index contributed by atoms with van der Waals surface area (Å²) >= 11 is 0. The van der Waals surface area contributed by atoms with Crippen LogP contribution in [-0.2, 0) is 0 Å². The van der Waals surface area contributed by atoms with Gasteiger partial charge in [0.05, 0.1) is 0 Å². The number of rotatable bonds is 0. The first-order valence-corrected chi connectivity index (χ1v) is 15.2. The highest BCUT2D eigenvalue weighted by Gasteiger charge is 1.47. The zero-order valence-corrected chi connectivity index (χ0v) is 30.9. The fourth-order valence-electron chi connectivity index (χ4n) is 1.81. The first kappa shape index (κ1) is 47.8. The molecule has 248 valence electrons. The van der Waals surface area contributed by atoms with E-state index in [1.54, 1.807) is 0 Å². The van der Waals surface area contributed by atoms with E-state index in [0.29, 0.717) is 0 Å². The van der Waals surface area contributed by atoms with Crippen molar-refractivity contribution in [3.8, 4) is 0 Å². The van der Waals surface area contributed by atoms with Gasteiger partial charge in [0.2, 0.25) is 0 Å². The molecule has 0 heterocycles. The second-order valence-electron chi connectivity index (χ2n) is 7.48. The summed E-state index contributed by atoms with van der Waals surface area (Å²) in [7, 11) is 0. The predicted molar refractivity (Wildman–Crippen MR) is 219 cm³/mol. The zero-order valence-electron chi connectivity index (χ0n) is 30.9. The molecular formula is C61H4. The average molecular weight is 737 g/mol. The van der Waals surface area contributed by atoms with E-state index < -0.39 is 0 Å². The predicted octanol–water partition coefficient (Wildman–Crippen LogP) is 9.95. The molecule has 61 heavy (non-hydrogen) atoms. The minimum Gasteiger partial charge on any atom is -0.0687 e.